The highest BCUT2D eigenvalue weighted by Gasteiger charge is 2.17. The maximum absolute atomic E-state index is 4.91. The molecule has 236 valence electrons. The van der Waals surface area contributed by atoms with Gasteiger partial charge in [-0.05, 0) is 83.4 Å². The van der Waals surface area contributed by atoms with Gasteiger partial charge in [0.15, 0.2) is 0 Å². The molecule has 0 fully saturated rings. The Morgan fingerprint density at radius 2 is 1.10 bits per heavy atom. The predicted octanol–water partition coefficient (Wildman–Crippen LogP) is 9.97. The Labute approximate surface area is 288 Å². The van der Waals surface area contributed by atoms with Gasteiger partial charge in [-0.3, -0.25) is 15.0 Å². The minimum atomic E-state index is -0.0177. The van der Waals surface area contributed by atoms with Gasteiger partial charge in [0.1, 0.15) is 0 Å². The molecule has 1 atom stereocenters. The second-order valence-corrected chi connectivity index (χ2v) is 12.6. The van der Waals surface area contributed by atoms with E-state index in [0.29, 0.717) is 0 Å². The molecule has 0 radical (unpaired) electrons. The molecule has 0 saturated heterocycles. The summed E-state index contributed by atoms with van der Waals surface area (Å²) >= 11 is 0. The molecule has 10 rings (SSSR count). The fourth-order valence-electron chi connectivity index (χ4n) is 7.38. The maximum atomic E-state index is 4.91. The lowest BCUT2D eigenvalue weighted by Crippen LogP contribution is -2.17. The van der Waals surface area contributed by atoms with Crippen molar-refractivity contribution in [1.82, 2.24) is 29.4 Å². The molecule has 1 unspecified atom stereocenters. The first-order chi connectivity index (χ1) is 24.8. The Kier molecular flexibility index (Phi) is 6.45. The molecule has 6 heterocycles. The number of dihydropyridines is 1. The first-order valence-corrected chi connectivity index (χ1v) is 16.8. The topological polar surface area (TPSA) is 60.6 Å². The third-order valence-corrected chi connectivity index (χ3v) is 9.72. The Morgan fingerprint density at radius 3 is 1.70 bits per heavy atom. The van der Waals surface area contributed by atoms with Crippen LogP contribution in [0, 0.1) is 0 Å². The summed E-state index contributed by atoms with van der Waals surface area (Å²) < 4.78 is 4.59. The van der Waals surface area contributed by atoms with Gasteiger partial charge < -0.3 is 14.5 Å². The van der Waals surface area contributed by atoms with E-state index in [9.17, 15) is 0 Å². The standard InChI is InChI=1S/C44H30N6/c1-3-15-39-35(13-1)43-41(17-7-23-45-43)49(39)33-11-5-9-29(25-33)31-19-21-37(47-27-31)38-22-20-32(28-48-38)30-10-6-12-34(26-30)50-40-16-4-2-14-36(40)44-42(50)18-8-24-46-44/h1-28,37,47H. The summed E-state index contributed by atoms with van der Waals surface area (Å²) in [6.45, 7) is 0. The highest BCUT2D eigenvalue weighted by Crippen LogP contribution is 2.34. The lowest BCUT2D eigenvalue weighted by atomic mass is 10.0. The highest BCUT2D eigenvalue weighted by molar-refractivity contribution is 6.08. The van der Waals surface area contributed by atoms with Gasteiger partial charge in [-0.15, -0.1) is 0 Å². The van der Waals surface area contributed by atoms with E-state index >= 15 is 0 Å². The summed E-state index contributed by atoms with van der Waals surface area (Å²) in [7, 11) is 0. The number of nitrogens with zero attached hydrogens (tertiary/aromatic N) is 5. The van der Waals surface area contributed by atoms with Crippen LogP contribution in [-0.2, 0) is 0 Å². The number of rotatable bonds is 5. The molecule has 1 aliphatic rings. The van der Waals surface area contributed by atoms with Gasteiger partial charge in [0.05, 0.1) is 44.8 Å². The fourth-order valence-corrected chi connectivity index (χ4v) is 7.38. The summed E-state index contributed by atoms with van der Waals surface area (Å²) in [5, 5.41) is 5.89. The molecule has 9 aromatic rings. The van der Waals surface area contributed by atoms with Crippen molar-refractivity contribution in [1.29, 1.82) is 0 Å². The van der Waals surface area contributed by atoms with Gasteiger partial charge in [-0.1, -0.05) is 78.9 Å². The highest BCUT2D eigenvalue weighted by atomic mass is 15.0. The number of allylic oxidation sites excluding steroid dienone is 2. The smallest absolute Gasteiger partial charge is 0.0963 e. The van der Waals surface area contributed by atoms with Crippen LogP contribution in [0.25, 0.3) is 71.9 Å². The van der Waals surface area contributed by atoms with Crippen molar-refractivity contribution in [3.8, 4) is 22.5 Å². The normalized spacial score (nSPS) is 14.4. The molecular weight excluding hydrogens is 613 g/mol. The van der Waals surface area contributed by atoms with Gasteiger partial charge in [-0.25, -0.2) is 0 Å². The first kappa shape index (κ1) is 28.2. The fraction of sp³-hybridized carbons (Fsp3) is 0.0227. The molecule has 0 bridgehead atoms. The number of fused-ring (bicyclic) bond motifs is 6. The quantitative estimate of drug-likeness (QED) is 0.203. The SMILES string of the molecule is C1=CC(c2ccc(-c3cccc(-n4c5ccccc5c5ncccc54)c3)cn2)NC=C1c1cccc(-n2c3ccccc3c3ncccc32)c1. The molecule has 0 amide bonds. The van der Waals surface area contributed by atoms with E-state index in [0.717, 1.165) is 83.2 Å². The van der Waals surface area contributed by atoms with Crippen molar-refractivity contribution < 1.29 is 0 Å². The van der Waals surface area contributed by atoms with E-state index in [1.807, 2.05) is 30.7 Å². The Bertz CT molecular complexity index is 2690. The van der Waals surface area contributed by atoms with E-state index in [4.69, 9.17) is 15.0 Å². The second-order valence-electron chi connectivity index (χ2n) is 12.6. The van der Waals surface area contributed by atoms with Crippen LogP contribution in [0.5, 0.6) is 0 Å². The van der Waals surface area contributed by atoms with E-state index in [1.54, 1.807) is 0 Å². The number of hydrogen-bond acceptors (Lipinski definition) is 4. The second kappa shape index (κ2) is 11.4. The van der Waals surface area contributed by atoms with Crippen LogP contribution in [0.3, 0.4) is 0 Å². The zero-order valence-electron chi connectivity index (χ0n) is 27.0. The first-order valence-electron chi connectivity index (χ1n) is 16.8. The van der Waals surface area contributed by atoms with Crippen molar-refractivity contribution in [2.75, 3.05) is 0 Å². The lowest BCUT2D eigenvalue weighted by Gasteiger charge is -2.19. The summed E-state index contributed by atoms with van der Waals surface area (Å²) in [6.07, 6.45) is 12.2. The number of benzene rings is 4. The third-order valence-electron chi connectivity index (χ3n) is 9.72. The summed E-state index contributed by atoms with van der Waals surface area (Å²) in [5.74, 6) is 0. The zero-order chi connectivity index (χ0) is 33.0. The van der Waals surface area contributed by atoms with Crippen molar-refractivity contribution in [3.05, 3.63) is 182 Å². The van der Waals surface area contributed by atoms with Crippen LogP contribution in [0.15, 0.2) is 170 Å². The summed E-state index contributed by atoms with van der Waals surface area (Å²) in [4.78, 5) is 14.3. The van der Waals surface area contributed by atoms with Gasteiger partial charge >= 0.3 is 0 Å². The van der Waals surface area contributed by atoms with Crippen LogP contribution in [0.2, 0.25) is 0 Å². The van der Waals surface area contributed by atoms with Crippen LogP contribution in [0.1, 0.15) is 17.3 Å². The number of para-hydroxylation sites is 2. The van der Waals surface area contributed by atoms with Crippen molar-refractivity contribution in [3.63, 3.8) is 0 Å². The van der Waals surface area contributed by atoms with Crippen molar-refractivity contribution in [2.24, 2.45) is 0 Å². The lowest BCUT2D eigenvalue weighted by molar-refractivity contribution is 0.724. The molecule has 5 aromatic heterocycles. The molecular formula is C44H30N6. The van der Waals surface area contributed by atoms with Crippen LogP contribution < -0.4 is 5.32 Å². The van der Waals surface area contributed by atoms with Crippen LogP contribution in [-0.4, -0.2) is 24.1 Å². The minimum Gasteiger partial charge on any atom is -0.379 e. The molecule has 1 N–H and O–H groups in total. The Morgan fingerprint density at radius 1 is 0.500 bits per heavy atom. The average molecular weight is 643 g/mol. The number of hydrogen-bond donors (Lipinski definition) is 1. The largest absolute Gasteiger partial charge is 0.379 e. The van der Waals surface area contributed by atoms with Crippen molar-refractivity contribution in [2.45, 2.75) is 6.04 Å². The van der Waals surface area contributed by atoms with Gasteiger partial charge in [0.25, 0.3) is 0 Å². The van der Waals surface area contributed by atoms with Gasteiger partial charge in [0.2, 0.25) is 0 Å². The predicted molar refractivity (Wildman–Crippen MR) is 203 cm³/mol. The monoisotopic (exact) mass is 642 g/mol. The van der Waals surface area contributed by atoms with Crippen LogP contribution in [0.4, 0.5) is 0 Å². The maximum Gasteiger partial charge on any atom is 0.0963 e. The van der Waals surface area contributed by atoms with E-state index < -0.39 is 0 Å². The number of pyridine rings is 3. The molecule has 0 aliphatic carbocycles. The van der Waals surface area contributed by atoms with Gasteiger partial charge in [0, 0.05) is 52.5 Å². The summed E-state index contributed by atoms with van der Waals surface area (Å²) in [5.41, 5.74) is 14.1. The molecule has 6 nitrogen and oxygen atoms in total. The zero-order valence-corrected chi connectivity index (χ0v) is 27.0. The molecule has 6 heteroatoms. The Hall–Kier alpha value is -6.79. The minimum absolute atomic E-state index is 0.0177. The number of aromatic nitrogens is 5. The number of nitrogens with one attached hydrogen (secondary N) is 1. The van der Waals surface area contributed by atoms with E-state index in [1.165, 1.54) is 0 Å². The Balaban J connectivity index is 0.914. The summed E-state index contributed by atoms with van der Waals surface area (Å²) in [6, 6.07) is 46.8. The van der Waals surface area contributed by atoms with Crippen molar-refractivity contribution >= 4 is 49.4 Å². The molecule has 50 heavy (non-hydrogen) atoms. The third kappa shape index (κ3) is 4.54. The molecule has 0 spiro atoms. The van der Waals surface area contributed by atoms with E-state index in [-0.39, 0.29) is 6.04 Å². The molecule has 1 aliphatic heterocycles. The van der Waals surface area contributed by atoms with E-state index in [2.05, 4.69) is 154 Å². The molecule has 4 aromatic carbocycles. The van der Waals surface area contributed by atoms with Gasteiger partial charge in [-0.2, -0.15) is 0 Å². The molecule has 0 saturated carbocycles. The average Bonchev–Trinajstić information content (AvgIpc) is 3.71. The van der Waals surface area contributed by atoms with Crippen LogP contribution >= 0.6 is 0 Å².